The average Bonchev–Trinajstić information content (AvgIpc) is 3.12. The number of fused-ring (bicyclic) bond motifs is 1. The quantitative estimate of drug-likeness (QED) is 0.512. The molecule has 2 unspecified atom stereocenters. The largest absolute Gasteiger partial charge is 0.383 e. The van der Waals surface area contributed by atoms with Gasteiger partial charge in [0.15, 0.2) is 4.80 Å². The number of nitrogens with zero attached hydrogens (tertiary/aromatic N) is 3. The molecule has 1 saturated heterocycles. The number of benzene rings is 2. The summed E-state index contributed by atoms with van der Waals surface area (Å²) in [6, 6.07) is 10.2. The van der Waals surface area contributed by atoms with Gasteiger partial charge in [-0.25, -0.2) is 12.8 Å². The molecule has 1 aliphatic heterocycles. The van der Waals surface area contributed by atoms with E-state index in [9.17, 15) is 17.6 Å². The SMILES string of the molecule is COCCn1c(=NC(=O)c2ccc(S(=O)(=O)N3CC(C)OC(C)C3)cc2)sc2cc(F)ccc21. The molecule has 8 nitrogen and oxygen atoms in total. The van der Waals surface area contributed by atoms with Crippen LogP contribution in [-0.4, -0.2) is 62.2 Å². The highest BCUT2D eigenvalue weighted by molar-refractivity contribution is 7.89. The van der Waals surface area contributed by atoms with E-state index < -0.39 is 15.9 Å². The minimum absolute atomic E-state index is 0.109. The molecule has 2 heterocycles. The molecule has 3 aromatic rings. The van der Waals surface area contributed by atoms with Gasteiger partial charge < -0.3 is 14.0 Å². The van der Waals surface area contributed by atoms with Gasteiger partial charge in [0.2, 0.25) is 10.0 Å². The van der Waals surface area contributed by atoms with Crippen LogP contribution in [0.3, 0.4) is 0 Å². The highest BCUT2D eigenvalue weighted by Gasteiger charge is 2.32. The molecule has 2 aromatic carbocycles. The monoisotopic (exact) mass is 507 g/mol. The highest BCUT2D eigenvalue weighted by atomic mass is 32.2. The van der Waals surface area contributed by atoms with Gasteiger partial charge in [0, 0.05) is 32.3 Å². The second-order valence-electron chi connectivity index (χ2n) is 8.16. The summed E-state index contributed by atoms with van der Waals surface area (Å²) < 4.78 is 54.4. The van der Waals surface area contributed by atoms with Gasteiger partial charge in [-0.15, -0.1) is 0 Å². The Hall–Kier alpha value is -2.44. The molecule has 182 valence electrons. The van der Waals surface area contributed by atoms with Crippen molar-refractivity contribution in [2.24, 2.45) is 4.99 Å². The van der Waals surface area contributed by atoms with Crippen molar-refractivity contribution in [3.05, 3.63) is 58.6 Å². The van der Waals surface area contributed by atoms with Crippen molar-refractivity contribution in [3.8, 4) is 0 Å². The van der Waals surface area contributed by atoms with Crippen LogP contribution < -0.4 is 4.80 Å². The van der Waals surface area contributed by atoms with Crippen LogP contribution >= 0.6 is 11.3 Å². The molecule has 4 rings (SSSR count). The number of methoxy groups -OCH3 is 1. The first-order valence-corrected chi connectivity index (χ1v) is 13.1. The number of carbonyl (C=O) groups is 1. The van der Waals surface area contributed by atoms with Crippen LogP contribution in [0.15, 0.2) is 52.4 Å². The topological polar surface area (TPSA) is 90.2 Å². The molecule has 0 aliphatic carbocycles. The molecule has 1 fully saturated rings. The van der Waals surface area contributed by atoms with E-state index in [0.717, 1.165) is 5.52 Å². The Labute approximate surface area is 201 Å². The highest BCUT2D eigenvalue weighted by Crippen LogP contribution is 2.22. The smallest absolute Gasteiger partial charge is 0.279 e. The molecule has 11 heteroatoms. The summed E-state index contributed by atoms with van der Waals surface area (Å²) in [7, 11) is -2.13. The lowest BCUT2D eigenvalue weighted by Gasteiger charge is -2.34. The van der Waals surface area contributed by atoms with E-state index in [2.05, 4.69) is 4.99 Å². The number of halogens is 1. The Morgan fingerprint density at radius 2 is 1.85 bits per heavy atom. The number of hydrogen-bond donors (Lipinski definition) is 0. The van der Waals surface area contributed by atoms with E-state index in [4.69, 9.17) is 9.47 Å². The maximum Gasteiger partial charge on any atom is 0.279 e. The third kappa shape index (κ3) is 5.13. The first-order chi connectivity index (χ1) is 16.2. The molecular weight excluding hydrogens is 481 g/mol. The third-order valence-corrected chi connectivity index (χ3v) is 8.37. The first-order valence-electron chi connectivity index (χ1n) is 10.8. The molecule has 1 amide bonds. The third-order valence-electron chi connectivity index (χ3n) is 5.49. The molecule has 1 aliphatic rings. The molecule has 0 spiro atoms. The van der Waals surface area contributed by atoms with Gasteiger partial charge in [-0.2, -0.15) is 9.30 Å². The predicted octanol–water partition coefficient (Wildman–Crippen LogP) is 3.03. The van der Waals surface area contributed by atoms with Crippen molar-refractivity contribution < 1.29 is 27.1 Å². The van der Waals surface area contributed by atoms with Gasteiger partial charge in [0.05, 0.1) is 33.9 Å². The van der Waals surface area contributed by atoms with Crippen molar-refractivity contribution in [3.63, 3.8) is 0 Å². The molecule has 2 atom stereocenters. The summed E-state index contributed by atoms with van der Waals surface area (Å²) in [5.41, 5.74) is 1.01. The van der Waals surface area contributed by atoms with E-state index in [1.54, 1.807) is 17.7 Å². The fourth-order valence-electron chi connectivity index (χ4n) is 3.93. The van der Waals surface area contributed by atoms with Gasteiger partial charge in [0.25, 0.3) is 5.91 Å². The first kappa shape index (κ1) is 24.7. The van der Waals surface area contributed by atoms with Gasteiger partial charge in [0.1, 0.15) is 5.82 Å². The van der Waals surface area contributed by atoms with Crippen LogP contribution in [0.25, 0.3) is 10.2 Å². The maximum atomic E-state index is 13.7. The number of sulfonamides is 1. The Kier molecular flexibility index (Phi) is 7.29. The van der Waals surface area contributed by atoms with Gasteiger partial charge in [-0.3, -0.25) is 4.79 Å². The molecular formula is C23H26FN3O5S2. The van der Waals surface area contributed by atoms with Crippen LogP contribution in [0.1, 0.15) is 24.2 Å². The van der Waals surface area contributed by atoms with Crippen LogP contribution in [0.5, 0.6) is 0 Å². The minimum atomic E-state index is -3.71. The van der Waals surface area contributed by atoms with Gasteiger partial charge in [-0.1, -0.05) is 11.3 Å². The van der Waals surface area contributed by atoms with E-state index >= 15 is 0 Å². The second-order valence-corrected chi connectivity index (χ2v) is 11.1. The average molecular weight is 508 g/mol. The Bertz CT molecular complexity index is 1360. The number of aromatic nitrogens is 1. The van der Waals surface area contributed by atoms with Crippen molar-refractivity contribution >= 4 is 37.5 Å². The van der Waals surface area contributed by atoms with Crippen LogP contribution in [0.2, 0.25) is 0 Å². The van der Waals surface area contributed by atoms with E-state index in [1.807, 2.05) is 13.8 Å². The number of ether oxygens (including phenoxy) is 2. The number of morpholine rings is 1. The van der Waals surface area contributed by atoms with Crippen LogP contribution in [0, 0.1) is 5.82 Å². The number of carbonyl (C=O) groups excluding carboxylic acids is 1. The molecule has 0 N–H and O–H groups in total. The predicted molar refractivity (Wildman–Crippen MR) is 127 cm³/mol. The standard InChI is InChI=1S/C23H26FN3O5S2/c1-15-13-26(14-16(2)32-15)34(29,30)19-7-4-17(5-8-19)22(28)25-23-27(10-11-31-3)20-9-6-18(24)12-21(20)33-23/h4-9,12,15-16H,10-11,13-14H2,1-3H3. The summed E-state index contributed by atoms with van der Waals surface area (Å²) in [6.07, 6.45) is -0.393. The summed E-state index contributed by atoms with van der Waals surface area (Å²) in [5, 5.41) is 0. The molecule has 0 radical (unpaired) electrons. The van der Waals surface area contributed by atoms with Crippen molar-refractivity contribution in [1.82, 2.24) is 8.87 Å². The molecule has 34 heavy (non-hydrogen) atoms. The van der Waals surface area contributed by atoms with Gasteiger partial charge >= 0.3 is 0 Å². The fourth-order valence-corrected chi connectivity index (χ4v) is 6.60. The fraction of sp³-hybridized carbons (Fsp3) is 0.391. The number of thiazole rings is 1. The van der Waals surface area contributed by atoms with Gasteiger partial charge in [-0.05, 0) is 56.3 Å². The minimum Gasteiger partial charge on any atom is -0.383 e. The maximum absolute atomic E-state index is 13.7. The Balaban J connectivity index is 1.63. The molecule has 0 saturated carbocycles. The summed E-state index contributed by atoms with van der Waals surface area (Å²) >= 11 is 1.20. The zero-order valence-corrected chi connectivity index (χ0v) is 20.7. The number of hydrogen-bond acceptors (Lipinski definition) is 6. The van der Waals surface area contributed by atoms with E-state index in [-0.39, 0.29) is 41.6 Å². The normalized spacial score (nSPS) is 20.2. The molecule has 0 bridgehead atoms. The zero-order chi connectivity index (χ0) is 24.5. The van der Waals surface area contributed by atoms with E-state index in [1.165, 1.54) is 52.0 Å². The second kappa shape index (κ2) is 10.0. The van der Waals surface area contributed by atoms with Crippen molar-refractivity contribution in [2.75, 3.05) is 26.8 Å². The summed E-state index contributed by atoms with van der Waals surface area (Å²) in [5.74, 6) is -0.887. The van der Waals surface area contributed by atoms with Crippen LogP contribution in [0.4, 0.5) is 4.39 Å². The lowest BCUT2D eigenvalue weighted by molar-refractivity contribution is -0.0440. The molecule has 1 aromatic heterocycles. The Morgan fingerprint density at radius 1 is 1.18 bits per heavy atom. The Morgan fingerprint density at radius 3 is 2.50 bits per heavy atom. The van der Waals surface area contributed by atoms with Crippen molar-refractivity contribution in [1.29, 1.82) is 0 Å². The number of rotatable bonds is 6. The summed E-state index contributed by atoms with van der Waals surface area (Å²) in [4.78, 5) is 17.6. The number of amides is 1. The summed E-state index contributed by atoms with van der Waals surface area (Å²) in [6.45, 7) is 5.07. The van der Waals surface area contributed by atoms with Crippen molar-refractivity contribution in [2.45, 2.75) is 37.5 Å². The van der Waals surface area contributed by atoms with Crippen LogP contribution in [-0.2, 0) is 26.0 Å². The lowest BCUT2D eigenvalue weighted by Crippen LogP contribution is -2.48. The zero-order valence-electron chi connectivity index (χ0n) is 19.1. The lowest BCUT2D eigenvalue weighted by atomic mass is 10.2. The van der Waals surface area contributed by atoms with E-state index in [0.29, 0.717) is 22.7 Å².